The molecule has 0 unspecified atom stereocenters. The number of benzene rings is 1. The third-order valence-electron chi connectivity index (χ3n) is 2.26. The lowest BCUT2D eigenvalue weighted by molar-refractivity contribution is 0.101. The van der Waals surface area contributed by atoms with Gasteiger partial charge in [-0.1, -0.05) is 12.1 Å². The van der Waals surface area contributed by atoms with E-state index in [9.17, 15) is 9.59 Å². The maximum atomic E-state index is 11.3. The first-order chi connectivity index (χ1) is 6.74. The highest BCUT2D eigenvalue weighted by Gasteiger charge is 2.07. The fourth-order valence-electron chi connectivity index (χ4n) is 1.59. The van der Waals surface area contributed by atoms with Crippen LogP contribution in [0.4, 0.5) is 0 Å². The highest BCUT2D eigenvalue weighted by Crippen LogP contribution is 2.19. The number of fused-ring (bicyclic) bond motifs is 1. The summed E-state index contributed by atoms with van der Waals surface area (Å²) in [4.78, 5) is 21.9. The lowest BCUT2D eigenvalue weighted by Gasteiger charge is -1.98. The van der Waals surface area contributed by atoms with Crippen molar-refractivity contribution in [3.63, 3.8) is 0 Å². The van der Waals surface area contributed by atoms with Crippen LogP contribution in [0.15, 0.2) is 30.5 Å². The second-order valence-electron chi connectivity index (χ2n) is 3.12. The molecule has 14 heavy (non-hydrogen) atoms. The van der Waals surface area contributed by atoms with E-state index < -0.39 is 0 Å². The zero-order chi connectivity index (χ0) is 10.1. The van der Waals surface area contributed by atoms with E-state index in [1.165, 1.54) is 11.5 Å². The number of Topliss-reactive ketones (excluding diaryl/α,β-unsaturated/α-hetero) is 1. The van der Waals surface area contributed by atoms with Crippen LogP contribution < -0.4 is 0 Å². The summed E-state index contributed by atoms with van der Waals surface area (Å²) in [5.74, 6) is 0.0132. The number of hydrogen-bond donors (Lipinski definition) is 0. The molecule has 0 radical (unpaired) electrons. The SMILES string of the molecule is CC(=O)c1cccc2c1ccn2C=O. The molecule has 3 heteroatoms. The molecule has 2 rings (SSSR count). The molecule has 0 fully saturated rings. The van der Waals surface area contributed by atoms with Crippen molar-refractivity contribution in [2.45, 2.75) is 6.92 Å². The fourth-order valence-corrected chi connectivity index (χ4v) is 1.59. The molecule has 0 spiro atoms. The Balaban J connectivity index is 2.82. The van der Waals surface area contributed by atoms with Crippen molar-refractivity contribution in [1.29, 1.82) is 0 Å². The van der Waals surface area contributed by atoms with Gasteiger partial charge in [0.15, 0.2) is 5.78 Å². The highest BCUT2D eigenvalue weighted by molar-refractivity contribution is 6.07. The van der Waals surface area contributed by atoms with Crippen LogP contribution in [-0.4, -0.2) is 16.8 Å². The average Bonchev–Trinajstić information content (AvgIpc) is 2.59. The van der Waals surface area contributed by atoms with Crippen LogP contribution in [0.3, 0.4) is 0 Å². The zero-order valence-corrected chi connectivity index (χ0v) is 7.73. The van der Waals surface area contributed by atoms with Crippen molar-refractivity contribution in [1.82, 2.24) is 4.57 Å². The van der Waals surface area contributed by atoms with Crippen LogP contribution in [-0.2, 0) is 4.79 Å². The van der Waals surface area contributed by atoms with E-state index in [1.54, 1.807) is 24.4 Å². The minimum atomic E-state index is 0.0132. The monoisotopic (exact) mass is 187 g/mol. The molecular weight excluding hydrogens is 178 g/mol. The average molecular weight is 187 g/mol. The molecule has 0 aliphatic rings. The number of carbonyl (C=O) groups is 2. The van der Waals surface area contributed by atoms with Gasteiger partial charge >= 0.3 is 0 Å². The summed E-state index contributed by atoms with van der Waals surface area (Å²) in [6.45, 7) is 1.52. The summed E-state index contributed by atoms with van der Waals surface area (Å²) in [7, 11) is 0. The number of nitrogens with zero attached hydrogens (tertiary/aromatic N) is 1. The van der Waals surface area contributed by atoms with E-state index in [1.807, 2.05) is 6.07 Å². The molecule has 3 nitrogen and oxygen atoms in total. The Morgan fingerprint density at radius 2 is 2.14 bits per heavy atom. The Kier molecular flexibility index (Phi) is 1.93. The standard InChI is InChI=1S/C11H9NO2/c1-8(14)9-3-2-4-11-10(9)5-6-12(11)7-13/h2-7H,1H3. The molecule has 0 aliphatic carbocycles. The third kappa shape index (κ3) is 1.14. The van der Waals surface area contributed by atoms with Crippen LogP contribution in [0.25, 0.3) is 10.9 Å². The van der Waals surface area contributed by atoms with Crippen LogP contribution in [0.5, 0.6) is 0 Å². The van der Waals surface area contributed by atoms with E-state index in [2.05, 4.69) is 0 Å². The Morgan fingerprint density at radius 1 is 1.36 bits per heavy atom. The molecule has 1 heterocycles. The molecule has 0 saturated heterocycles. The topological polar surface area (TPSA) is 39.1 Å². The van der Waals surface area contributed by atoms with Gasteiger partial charge in [-0.05, 0) is 19.1 Å². The molecule has 0 amide bonds. The third-order valence-corrected chi connectivity index (χ3v) is 2.26. The van der Waals surface area contributed by atoms with Gasteiger partial charge in [-0.2, -0.15) is 0 Å². The first-order valence-electron chi connectivity index (χ1n) is 4.30. The molecule has 0 atom stereocenters. The van der Waals surface area contributed by atoms with Gasteiger partial charge in [0.1, 0.15) is 0 Å². The molecule has 0 bridgehead atoms. The minimum absolute atomic E-state index is 0.0132. The maximum Gasteiger partial charge on any atom is 0.218 e. The van der Waals surface area contributed by atoms with Gasteiger partial charge in [-0.15, -0.1) is 0 Å². The summed E-state index contributed by atoms with van der Waals surface area (Å²) in [6, 6.07) is 7.13. The molecule has 0 aliphatic heterocycles. The van der Waals surface area contributed by atoms with Gasteiger partial charge in [0.2, 0.25) is 6.41 Å². The molecule has 1 aromatic heterocycles. The largest absolute Gasteiger partial charge is 0.294 e. The highest BCUT2D eigenvalue weighted by atomic mass is 16.1. The van der Waals surface area contributed by atoms with Gasteiger partial charge in [0.25, 0.3) is 0 Å². The summed E-state index contributed by atoms with van der Waals surface area (Å²) in [5.41, 5.74) is 1.43. The van der Waals surface area contributed by atoms with Gasteiger partial charge in [-0.3, -0.25) is 14.2 Å². The van der Waals surface area contributed by atoms with Crippen molar-refractivity contribution in [2.75, 3.05) is 0 Å². The predicted octanol–water partition coefficient (Wildman–Crippen LogP) is 1.88. The number of rotatable bonds is 2. The van der Waals surface area contributed by atoms with Crippen molar-refractivity contribution < 1.29 is 9.59 Å². The first kappa shape index (κ1) is 8.69. The van der Waals surface area contributed by atoms with Crippen LogP contribution >= 0.6 is 0 Å². The summed E-state index contributed by atoms with van der Waals surface area (Å²) in [5, 5.41) is 0.826. The van der Waals surface area contributed by atoms with Gasteiger partial charge in [0, 0.05) is 17.1 Å². The summed E-state index contributed by atoms with van der Waals surface area (Å²) in [6.07, 6.45) is 2.39. The lowest BCUT2D eigenvalue weighted by atomic mass is 10.1. The summed E-state index contributed by atoms with van der Waals surface area (Å²) < 4.78 is 1.46. The van der Waals surface area contributed by atoms with E-state index in [4.69, 9.17) is 0 Å². The Bertz CT molecular complexity index is 511. The zero-order valence-electron chi connectivity index (χ0n) is 7.73. The molecule has 0 saturated carbocycles. The van der Waals surface area contributed by atoms with E-state index in [0.717, 1.165) is 17.3 Å². The summed E-state index contributed by atoms with van der Waals surface area (Å²) >= 11 is 0. The van der Waals surface area contributed by atoms with Crippen molar-refractivity contribution >= 4 is 23.1 Å². The molecule has 2 aromatic rings. The molecule has 1 aromatic carbocycles. The Hall–Kier alpha value is -1.90. The number of carbonyl (C=O) groups excluding carboxylic acids is 2. The van der Waals surface area contributed by atoms with Crippen LogP contribution in [0.1, 0.15) is 17.3 Å². The molecular formula is C11H9NO2. The minimum Gasteiger partial charge on any atom is -0.294 e. The Morgan fingerprint density at radius 3 is 2.79 bits per heavy atom. The van der Waals surface area contributed by atoms with Crippen LogP contribution in [0.2, 0.25) is 0 Å². The Labute approximate surface area is 81.0 Å². The van der Waals surface area contributed by atoms with E-state index >= 15 is 0 Å². The second kappa shape index (κ2) is 3.10. The van der Waals surface area contributed by atoms with Crippen molar-refractivity contribution in [3.8, 4) is 0 Å². The predicted molar refractivity (Wildman–Crippen MR) is 54.1 cm³/mol. The van der Waals surface area contributed by atoms with E-state index in [0.29, 0.717) is 5.56 Å². The number of aromatic nitrogens is 1. The van der Waals surface area contributed by atoms with E-state index in [-0.39, 0.29) is 5.78 Å². The van der Waals surface area contributed by atoms with Gasteiger partial charge < -0.3 is 0 Å². The molecule has 70 valence electrons. The smallest absolute Gasteiger partial charge is 0.218 e. The first-order valence-corrected chi connectivity index (χ1v) is 4.30. The molecule has 0 N–H and O–H groups in total. The number of hydrogen-bond acceptors (Lipinski definition) is 2. The second-order valence-corrected chi connectivity index (χ2v) is 3.12. The normalized spacial score (nSPS) is 10.4. The maximum absolute atomic E-state index is 11.3. The van der Waals surface area contributed by atoms with Gasteiger partial charge in [-0.25, -0.2) is 0 Å². The lowest BCUT2D eigenvalue weighted by Crippen LogP contribution is -1.94. The fraction of sp³-hybridized carbons (Fsp3) is 0.0909. The van der Waals surface area contributed by atoms with Crippen LogP contribution in [0, 0.1) is 0 Å². The van der Waals surface area contributed by atoms with Gasteiger partial charge in [0.05, 0.1) is 5.52 Å². The number of ketones is 1. The quantitative estimate of drug-likeness (QED) is 0.532. The van der Waals surface area contributed by atoms with Crippen molar-refractivity contribution in [3.05, 3.63) is 36.0 Å². The van der Waals surface area contributed by atoms with Crippen molar-refractivity contribution in [2.24, 2.45) is 0 Å².